The van der Waals surface area contributed by atoms with Gasteiger partial charge in [-0.25, -0.2) is 4.79 Å². The molecule has 2 fully saturated rings. The molecule has 0 aromatic heterocycles. The Morgan fingerprint density at radius 2 is 1.90 bits per heavy atom. The van der Waals surface area contributed by atoms with Crippen molar-refractivity contribution in [3.8, 4) is 5.75 Å². The Labute approximate surface area is 184 Å². The van der Waals surface area contributed by atoms with Gasteiger partial charge in [0.2, 0.25) is 0 Å². The van der Waals surface area contributed by atoms with E-state index >= 15 is 0 Å². The lowest BCUT2D eigenvalue weighted by Gasteiger charge is -2.32. The molecule has 8 heteroatoms. The Kier molecular flexibility index (Phi) is 7.29. The van der Waals surface area contributed by atoms with Crippen LogP contribution in [0.4, 0.5) is 4.79 Å². The van der Waals surface area contributed by atoms with E-state index in [1.54, 1.807) is 9.80 Å². The second-order valence-corrected chi connectivity index (χ2v) is 8.92. The number of piperidine rings is 1. The topological polar surface area (TPSA) is 76.8 Å². The number of likely N-dealkylation sites (tertiary alicyclic amines) is 1. The number of benzene rings is 1. The van der Waals surface area contributed by atoms with Gasteiger partial charge in [-0.1, -0.05) is 0 Å². The van der Waals surface area contributed by atoms with Gasteiger partial charge in [-0.3, -0.25) is 4.79 Å². The van der Waals surface area contributed by atoms with Crippen LogP contribution in [0.5, 0.6) is 5.75 Å². The average Bonchev–Trinajstić information content (AvgIpc) is 3.24. The number of piperazine rings is 1. The summed E-state index contributed by atoms with van der Waals surface area (Å²) in [6.45, 7) is 10.1. The molecule has 0 spiro atoms. The van der Waals surface area contributed by atoms with E-state index in [4.69, 9.17) is 9.47 Å². The van der Waals surface area contributed by atoms with Crippen molar-refractivity contribution in [3.63, 3.8) is 0 Å². The monoisotopic (exact) mass is 432 g/mol. The lowest BCUT2D eigenvalue weighted by molar-refractivity contribution is -1.02. The average molecular weight is 433 g/mol. The van der Waals surface area contributed by atoms with Gasteiger partial charge in [-0.15, -0.1) is 0 Å². The number of fused-ring (bicyclic) bond motifs is 1. The predicted molar refractivity (Wildman–Crippen MR) is 115 cm³/mol. The van der Waals surface area contributed by atoms with Gasteiger partial charge in [-0.05, 0) is 43.5 Å². The fourth-order valence-corrected chi connectivity index (χ4v) is 4.88. The Balaban J connectivity index is 1.14. The van der Waals surface area contributed by atoms with Crippen LogP contribution in [0, 0.1) is 0 Å². The molecule has 0 radical (unpaired) electrons. The summed E-state index contributed by atoms with van der Waals surface area (Å²) in [7, 11) is 0. The van der Waals surface area contributed by atoms with Crippen molar-refractivity contribution >= 4 is 12.0 Å². The number of hydrogen-bond donors (Lipinski definition) is 3. The van der Waals surface area contributed by atoms with E-state index in [-0.39, 0.29) is 18.0 Å². The van der Waals surface area contributed by atoms with Crippen molar-refractivity contribution in [2.45, 2.75) is 38.8 Å². The SMILES string of the molecule is CCOC(=O)N1CCC(NC(=O)C[NH+]2CC[NH+](Cc3ccc4c(c3)CCO4)CC2)CC1. The number of rotatable bonds is 6. The lowest BCUT2D eigenvalue weighted by Crippen LogP contribution is -3.28. The zero-order valence-electron chi connectivity index (χ0n) is 18.6. The van der Waals surface area contributed by atoms with Crippen LogP contribution < -0.4 is 19.9 Å². The van der Waals surface area contributed by atoms with Gasteiger partial charge in [0.15, 0.2) is 6.54 Å². The van der Waals surface area contributed by atoms with Gasteiger partial charge in [0.05, 0.1) is 13.2 Å². The number of nitrogens with zero attached hydrogens (tertiary/aromatic N) is 1. The number of quaternary nitrogens is 2. The van der Waals surface area contributed by atoms with E-state index < -0.39 is 0 Å². The van der Waals surface area contributed by atoms with Crippen LogP contribution in [0.25, 0.3) is 0 Å². The molecule has 8 nitrogen and oxygen atoms in total. The third-order valence-electron chi connectivity index (χ3n) is 6.67. The molecule has 3 aliphatic heterocycles. The first kappa shape index (κ1) is 21.9. The van der Waals surface area contributed by atoms with Gasteiger partial charge in [0.1, 0.15) is 38.5 Å². The van der Waals surface area contributed by atoms with E-state index in [0.29, 0.717) is 26.2 Å². The number of nitrogens with one attached hydrogen (secondary N) is 3. The highest BCUT2D eigenvalue weighted by atomic mass is 16.6. The number of amides is 2. The smallest absolute Gasteiger partial charge is 0.409 e. The van der Waals surface area contributed by atoms with Crippen molar-refractivity contribution in [3.05, 3.63) is 29.3 Å². The molecule has 3 heterocycles. The molecule has 0 unspecified atom stereocenters. The Morgan fingerprint density at radius 3 is 2.65 bits per heavy atom. The molecule has 4 rings (SSSR count). The normalized spacial score (nSPS) is 23.7. The standard InChI is InChI=1S/C23H34N4O4/c1-2-30-23(29)27-8-5-20(6-9-27)24-22(28)17-26-12-10-25(11-13-26)16-18-3-4-21-19(15-18)7-14-31-21/h3-4,15,20H,2,5-14,16-17H2,1H3,(H,24,28)/p+2. The van der Waals surface area contributed by atoms with Gasteiger partial charge < -0.3 is 29.5 Å². The molecule has 0 saturated carbocycles. The minimum Gasteiger partial charge on any atom is -0.493 e. The summed E-state index contributed by atoms with van der Waals surface area (Å²) in [6, 6.07) is 6.76. The summed E-state index contributed by atoms with van der Waals surface area (Å²) in [6.07, 6.45) is 2.37. The summed E-state index contributed by atoms with van der Waals surface area (Å²) in [5.41, 5.74) is 2.72. The maximum absolute atomic E-state index is 12.5. The highest BCUT2D eigenvalue weighted by Crippen LogP contribution is 2.25. The van der Waals surface area contributed by atoms with Crippen molar-refractivity contribution in [1.29, 1.82) is 0 Å². The highest BCUT2D eigenvalue weighted by Gasteiger charge is 2.28. The fraction of sp³-hybridized carbons (Fsp3) is 0.652. The number of hydrogen-bond acceptors (Lipinski definition) is 4. The Morgan fingerprint density at radius 1 is 1.16 bits per heavy atom. The van der Waals surface area contributed by atoms with E-state index in [1.165, 1.54) is 16.0 Å². The molecule has 31 heavy (non-hydrogen) atoms. The zero-order valence-corrected chi connectivity index (χ0v) is 18.6. The zero-order chi connectivity index (χ0) is 21.6. The lowest BCUT2D eigenvalue weighted by atomic mass is 10.1. The van der Waals surface area contributed by atoms with Gasteiger partial charge in [-0.2, -0.15) is 0 Å². The minimum absolute atomic E-state index is 0.131. The molecule has 0 bridgehead atoms. The molecule has 3 N–H and O–H groups in total. The molecule has 1 aromatic rings. The molecule has 2 amide bonds. The summed E-state index contributed by atoms with van der Waals surface area (Å²) >= 11 is 0. The molecule has 2 saturated heterocycles. The van der Waals surface area contributed by atoms with E-state index in [1.807, 2.05) is 6.92 Å². The van der Waals surface area contributed by atoms with Crippen LogP contribution in [0.3, 0.4) is 0 Å². The minimum atomic E-state index is -0.245. The summed E-state index contributed by atoms with van der Waals surface area (Å²) in [5.74, 6) is 1.18. The van der Waals surface area contributed by atoms with Crippen LogP contribution in [0.1, 0.15) is 30.9 Å². The number of carbonyl (C=O) groups excluding carboxylic acids is 2. The van der Waals surface area contributed by atoms with Crippen molar-refractivity contribution in [2.75, 3.05) is 59.0 Å². The first-order valence-electron chi connectivity index (χ1n) is 11.7. The number of carbonyl (C=O) groups is 2. The van der Waals surface area contributed by atoms with Crippen LogP contribution in [-0.4, -0.2) is 82.0 Å². The third-order valence-corrected chi connectivity index (χ3v) is 6.67. The maximum atomic E-state index is 12.5. The van der Waals surface area contributed by atoms with Crippen LogP contribution in [-0.2, 0) is 22.5 Å². The molecule has 1 aromatic carbocycles. The summed E-state index contributed by atoms with van der Waals surface area (Å²) in [4.78, 5) is 29.0. The van der Waals surface area contributed by atoms with Crippen LogP contribution in [0.15, 0.2) is 18.2 Å². The third kappa shape index (κ3) is 5.89. The molecule has 0 atom stereocenters. The van der Waals surface area contributed by atoms with Crippen LogP contribution >= 0.6 is 0 Å². The van der Waals surface area contributed by atoms with Gasteiger partial charge >= 0.3 is 6.09 Å². The second-order valence-electron chi connectivity index (χ2n) is 8.92. The fourth-order valence-electron chi connectivity index (χ4n) is 4.88. The largest absolute Gasteiger partial charge is 0.493 e. The van der Waals surface area contributed by atoms with E-state index in [9.17, 15) is 9.59 Å². The summed E-state index contributed by atoms with van der Waals surface area (Å²) in [5, 5.41) is 3.18. The highest BCUT2D eigenvalue weighted by molar-refractivity contribution is 5.77. The first-order chi connectivity index (χ1) is 15.1. The van der Waals surface area contributed by atoms with E-state index in [2.05, 4.69) is 23.5 Å². The van der Waals surface area contributed by atoms with Crippen LogP contribution in [0.2, 0.25) is 0 Å². The molecular weight excluding hydrogens is 396 g/mol. The van der Waals surface area contributed by atoms with E-state index in [0.717, 1.165) is 64.3 Å². The van der Waals surface area contributed by atoms with Crippen molar-refractivity contribution < 1.29 is 28.9 Å². The predicted octanol–water partition coefficient (Wildman–Crippen LogP) is -1.36. The van der Waals surface area contributed by atoms with Crippen molar-refractivity contribution in [2.24, 2.45) is 0 Å². The Bertz CT molecular complexity index is 771. The quantitative estimate of drug-likeness (QED) is 0.519. The van der Waals surface area contributed by atoms with Gasteiger partial charge in [0.25, 0.3) is 5.91 Å². The van der Waals surface area contributed by atoms with Crippen molar-refractivity contribution in [1.82, 2.24) is 10.2 Å². The first-order valence-corrected chi connectivity index (χ1v) is 11.7. The Hall–Kier alpha value is -2.32. The van der Waals surface area contributed by atoms with Gasteiger partial charge in [0, 0.05) is 31.1 Å². The molecule has 3 aliphatic rings. The molecule has 170 valence electrons. The second kappa shape index (κ2) is 10.3. The molecule has 0 aliphatic carbocycles. The maximum Gasteiger partial charge on any atom is 0.409 e. The molecular formula is C23H36N4O4+2. The number of ether oxygens (including phenoxy) is 2. The summed E-state index contributed by atoms with van der Waals surface area (Å²) < 4.78 is 10.7.